The van der Waals surface area contributed by atoms with Gasteiger partial charge in [-0.3, -0.25) is 0 Å². The molecule has 0 spiro atoms. The molecule has 0 amide bonds. The molecule has 0 radical (unpaired) electrons. The molecule has 0 aromatic carbocycles. The highest BCUT2D eigenvalue weighted by Crippen LogP contribution is 2.30. The Morgan fingerprint density at radius 1 is 0.955 bits per heavy atom. The van der Waals surface area contributed by atoms with E-state index in [1.54, 1.807) is 18.2 Å². The number of halogens is 1. The standard InChI is InChI=1S/C21H29F/c1-4-8-20(21(9-5-2)12-7-17-22)11-6-10-19-15-13-18(3)14-16-19/h4-9,11-12,18-19H,1-2,10,13-17H2,3H3/b11-6-,12-7-,20-8+,21-9+. The number of allylic oxidation sites excluding steroid dienone is 10. The first-order valence-electron chi connectivity index (χ1n) is 8.26. The summed E-state index contributed by atoms with van der Waals surface area (Å²) < 4.78 is 12.4. The van der Waals surface area contributed by atoms with Gasteiger partial charge in [0.15, 0.2) is 0 Å². The third-order valence-corrected chi connectivity index (χ3v) is 4.22. The van der Waals surface area contributed by atoms with Gasteiger partial charge in [0, 0.05) is 0 Å². The van der Waals surface area contributed by atoms with Crippen LogP contribution >= 0.6 is 0 Å². The Kier molecular flexibility index (Phi) is 9.21. The van der Waals surface area contributed by atoms with Crippen molar-refractivity contribution >= 4 is 0 Å². The molecule has 0 atom stereocenters. The third kappa shape index (κ3) is 6.89. The van der Waals surface area contributed by atoms with E-state index in [-0.39, 0.29) is 0 Å². The van der Waals surface area contributed by atoms with Crippen molar-refractivity contribution in [2.24, 2.45) is 11.8 Å². The Balaban J connectivity index is 2.70. The molecule has 0 bridgehead atoms. The highest BCUT2D eigenvalue weighted by molar-refractivity contribution is 5.49. The first kappa shape index (κ1) is 18.4. The van der Waals surface area contributed by atoms with Crippen LogP contribution < -0.4 is 0 Å². The van der Waals surface area contributed by atoms with Gasteiger partial charge in [-0.2, -0.15) is 0 Å². The lowest BCUT2D eigenvalue weighted by Gasteiger charge is -2.25. The molecule has 22 heavy (non-hydrogen) atoms. The molecule has 0 saturated heterocycles. The molecule has 0 aliphatic heterocycles. The van der Waals surface area contributed by atoms with Crippen molar-refractivity contribution in [3.05, 3.63) is 72.9 Å². The minimum atomic E-state index is -0.459. The molecule has 0 aromatic heterocycles. The fourth-order valence-corrected chi connectivity index (χ4v) is 2.87. The highest BCUT2D eigenvalue weighted by Gasteiger charge is 2.16. The Labute approximate surface area is 135 Å². The molecule has 0 nitrogen and oxygen atoms in total. The summed E-state index contributed by atoms with van der Waals surface area (Å²) in [4.78, 5) is 0. The second kappa shape index (κ2) is 11.0. The normalized spacial score (nSPS) is 24.1. The van der Waals surface area contributed by atoms with Gasteiger partial charge in [-0.15, -0.1) is 0 Å². The van der Waals surface area contributed by atoms with Crippen LogP contribution in [0.4, 0.5) is 4.39 Å². The van der Waals surface area contributed by atoms with Gasteiger partial charge < -0.3 is 0 Å². The molecular formula is C21H29F. The predicted molar refractivity (Wildman–Crippen MR) is 96.6 cm³/mol. The van der Waals surface area contributed by atoms with Crippen LogP contribution in [0.2, 0.25) is 0 Å². The topological polar surface area (TPSA) is 0 Å². The zero-order valence-corrected chi connectivity index (χ0v) is 13.8. The summed E-state index contributed by atoms with van der Waals surface area (Å²) in [5.74, 6) is 1.70. The third-order valence-electron chi connectivity index (χ3n) is 4.22. The summed E-state index contributed by atoms with van der Waals surface area (Å²) in [5.41, 5.74) is 2.00. The van der Waals surface area contributed by atoms with Crippen molar-refractivity contribution in [2.75, 3.05) is 6.67 Å². The van der Waals surface area contributed by atoms with E-state index in [1.807, 2.05) is 12.2 Å². The number of alkyl halides is 1. The molecule has 0 N–H and O–H groups in total. The maximum Gasteiger partial charge on any atom is 0.108 e. The monoisotopic (exact) mass is 300 g/mol. The van der Waals surface area contributed by atoms with Crippen molar-refractivity contribution in [1.82, 2.24) is 0 Å². The van der Waals surface area contributed by atoms with E-state index in [4.69, 9.17) is 0 Å². The van der Waals surface area contributed by atoms with Crippen LogP contribution in [0.1, 0.15) is 39.0 Å². The van der Waals surface area contributed by atoms with Gasteiger partial charge in [-0.05, 0) is 42.2 Å². The van der Waals surface area contributed by atoms with Gasteiger partial charge in [0.25, 0.3) is 0 Å². The average molecular weight is 300 g/mol. The van der Waals surface area contributed by atoms with Crippen LogP contribution in [0.25, 0.3) is 0 Å². The molecule has 0 heterocycles. The van der Waals surface area contributed by atoms with Crippen LogP contribution in [0.15, 0.2) is 72.9 Å². The van der Waals surface area contributed by atoms with Gasteiger partial charge in [-0.1, -0.05) is 81.5 Å². The van der Waals surface area contributed by atoms with E-state index in [0.717, 1.165) is 29.4 Å². The SMILES string of the molecule is C=C/C=C(\C=C/CF)C(/C=C\CC1CCC(C)CC1)=C/C=C. The molecule has 1 aliphatic rings. The van der Waals surface area contributed by atoms with Gasteiger partial charge >= 0.3 is 0 Å². The molecule has 1 aliphatic carbocycles. The zero-order chi connectivity index (χ0) is 16.2. The fraction of sp³-hybridized carbons (Fsp3) is 0.429. The van der Waals surface area contributed by atoms with Gasteiger partial charge in [-0.25, -0.2) is 4.39 Å². The molecule has 1 fully saturated rings. The van der Waals surface area contributed by atoms with Gasteiger partial charge in [0.1, 0.15) is 6.67 Å². The first-order chi connectivity index (χ1) is 10.7. The predicted octanol–water partition coefficient (Wildman–Crippen LogP) is 6.51. The molecule has 0 aromatic rings. The second-order valence-corrected chi connectivity index (χ2v) is 6.04. The molecular weight excluding hydrogens is 271 g/mol. The van der Waals surface area contributed by atoms with E-state index in [9.17, 15) is 4.39 Å². The van der Waals surface area contributed by atoms with Crippen LogP contribution in [0.3, 0.4) is 0 Å². The van der Waals surface area contributed by atoms with Gasteiger partial charge in [0.2, 0.25) is 0 Å². The van der Waals surface area contributed by atoms with Crippen molar-refractivity contribution in [1.29, 1.82) is 0 Å². The molecule has 1 heteroatoms. The maximum absolute atomic E-state index is 12.4. The van der Waals surface area contributed by atoms with Crippen molar-refractivity contribution in [3.63, 3.8) is 0 Å². The van der Waals surface area contributed by atoms with Gasteiger partial charge in [0.05, 0.1) is 0 Å². The quantitative estimate of drug-likeness (QED) is 0.448. The van der Waals surface area contributed by atoms with Crippen molar-refractivity contribution in [2.45, 2.75) is 39.0 Å². The summed E-state index contributed by atoms with van der Waals surface area (Å²) in [6.45, 7) is 9.39. The lowest BCUT2D eigenvalue weighted by molar-refractivity contribution is 0.292. The Hall–Kier alpha value is -1.63. The second-order valence-electron chi connectivity index (χ2n) is 6.04. The largest absolute Gasteiger partial charge is 0.247 e. The summed E-state index contributed by atoms with van der Waals surface area (Å²) in [7, 11) is 0. The Bertz CT molecular complexity index is 454. The summed E-state index contributed by atoms with van der Waals surface area (Å²) in [5, 5.41) is 0. The van der Waals surface area contributed by atoms with Crippen LogP contribution in [-0.2, 0) is 0 Å². The molecule has 1 rings (SSSR count). The summed E-state index contributed by atoms with van der Waals surface area (Å²) >= 11 is 0. The number of hydrogen-bond acceptors (Lipinski definition) is 0. The minimum absolute atomic E-state index is 0.459. The summed E-state index contributed by atoms with van der Waals surface area (Å²) in [6, 6.07) is 0. The van der Waals surface area contributed by atoms with Crippen LogP contribution in [0.5, 0.6) is 0 Å². The number of rotatable bonds is 8. The molecule has 1 saturated carbocycles. The Morgan fingerprint density at radius 2 is 1.50 bits per heavy atom. The van der Waals surface area contributed by atoms with Crippen LogP contribution in [-0.4, -0.2) is 6.67 Å². The lowest BCUT2D eigenvalue weighted by Crippen LogP contribution is -2.11. The molecule has 120 valence electrons. The smallest absolute Gasteiger partial charge is 0.108 e. The van der Waals surface area contributed by atoms with E-state index in [2.05, 4.69) is 32.2 Å². The zero-order valence-electron chi connectivity index (χ0n) is 13.8. The first-order valence-corrected chi connectivity index (χ1v) is 8.26. The maximum atomic E-state index is 12.4. The lowest BCUT2D eigenvalue weighted by atomic mass is 9.81. The van der Waals surface area contributed by atoms with E-state index < -0.39 is 6.67 Å². The minimum Gasteiger partial charge on any atom is -0.247 e. The summed E-state index contributed by atoms with van der Waals surface area (Å²) in [6.07, 6.45) is 21.5. The fourth-order valence-electron chi connectivity index (χ4n) is 2.87. The van der Waals surface area contributed by atoms with Crippen molar-refractivity contribution < 1.29 is 4.39 Å². The molecule has 0 unspecified atom stereocenters. The number of hydrogen-bond donors (Lipinski definition) is 0. The average Bonchev–Trinajstić information content (AvgIpc) is 2.52. The van der Waals surface area contributed by atoms with E-state index in [0.29, 0.717) is 0 Å². The van der Waals surface area contributed by atoms with Crippen molar-refractivity contribution in [3.8, 4) is 0 Å². The Morgan fingerprint density at radius 3 is 2.00 bits per heavy atom. The van der Waals surface area contributed by atoms with Crippen LogP contribution in [0, 0.1) is 11.8 Å². The van der Waals surface area contributed by atoms with E-state index >= 15 is 0 Å². The highest BCUT2D eigenvalue weighted by atomic mass is 19.1. The van der Waals surface area contributed by atoms with E-state index in [1.165, 1.54) is 31.8 Å².